The van der Waals surface area contributed by atoms with E-state index in [1.54, 1.807) is 0 Å². The third-order valence-corrected chi connectivity index (χ3v) is 2.75. The average Bonchev–Trinajstić information content (AvgIpc) is 2.37. The molecule has 2 aromatic rings. The molecule has 2 rings (SSSR count). The minimum Gasteiger partial charge on any atom is -0.481 e. The first-order valence-corrected chi connectivity index (χ1v) is 6.07. The van der Waals surface area contributed by atoms with Crippen molar-refractivity contribution in [1.82, 2.24) is 0 Å². The van der Waals surface area contributed by atoms with E-state index in [0.29, 0.717) is 0 Å². The predicted molar refractivity (Wildman–Crippen MR) is 76.3 cm³/mol. The summed E-state index contributed by atoms with van der Waals surface area (Å²) < 4.78 is 10.7. The fourth-order valence-corrected chi connectivity index (χ4v) is 1.92. The Bertz CT molecular complexity index is 568. The third-order valence-electron chi connectivity index (χ3n) is 2.75. The lowest BCUT2D eigenvalue weighted by Crippen LogP contribution is -2.00. The van der Waals surface area contributed by atoms with Crippen LogP contribution >= 0.6 is 0 Å². The summed E-state index contributed by atoms with van der Waals surface area (Å²) in [5, 5.41) is 7.56. The summed E-state index contributed by atoms with van der Waals surface area (Å²) in [7, 11) is 1.49. The summed E-state index contributed by atoms with van der Waals surface area (Å²) in [6.07, 6.45) is 0. The Kier molecular flexibility index (Phi) is 3.85. The Morgan fingerprint density at radius 2 is 1.47 bits per heavy atom. The molecule has 0 saturated heterocycles. The molecule has 3 nitrogen and oxygen atoms in total. The van der Waals surface area contributed by atoms with Gasteiger partial charge in [0.25, 0.3) is 0 Å². The summed E-state index contributed by atoms with van der Waals surface area (Å²) in [6, 6.07) is 13.4. The lowest BCUT2D eigenvalue weighted by atomic mass is 10.1. The lowest BCUT2D eigenvalue weighted by molar-refractivity contribution is 0.401. The fourth-order valence-electron chi connectivity index (χ4n) is 1.92. The van der Waals surface area contributed by atoms with E-state index in [4.69, 9.17) is 14.9 Å². The van der Waals surface area contributed by atoms with Gasteiger partial charge in [-0.2, -0.15) is 0 Å². The predicted octanol–water partition coefficient (Wildman–Crippen LogP) is 4.07. The van der Waals surface area contributed by atoms with Crippen molar-refractivity contribution in [2.75, 3.05) is 7.11 Å². The van der Waals surface area contributed by atoms with Crippen molar-refractivity contribution in [3.05, 3.63) is 59.2 Å². The van der Waals surface area contributed by atoms with E-state index in [2.05, 4.69) is 6.07 Å². The molecule has 0 radical (unpaired) electrons. The van der Waals surface area contributed by atoms with Crippen LogP contribution in [-0.4, -0.2) is 13.0 Å². The molecule has 0 heterocycles. The van der Waals surface area contributed by atoms with E-state index in [9.17, 15) is 0 Å². The molecule has 0 aliphatic carbocycles. The van der Waals surface area contributed by atoms with Crippen LogP contribution < -0.4 is 4.74 Å². The number of hydrogen-bond donors (Lipinski definition) is 1. The highest BCUT2D eigenvalue weighted by atomic mass is 16.5. The molecule has 1 N–H and O–H groups in total. The highest BCUT2D eigenvalue weighted by Gasteiger charge is 2.03. The van der Waals surface area contributed by atoms with Gasteiger partial charge >= 0.3 is 0 Å². The Morgan fingerprint density at radius 1 is 0.895 bits per heavy atom. The molecule has 0 unspecified atom stereocenters. The third kappa shape index (κ3) is 3.35. The van der Waals surface area contributed by atoms with Crippen molar-refractivity contribution in [2.24, 2.45) is 0 Å². The molecule has 0 bridgehead atoms. The molecular weight excluding hydrogens is 238 g/mol. The molecule has 0 aliphatic rings. The summed E-state index contributed by atoms with van der Waals surface area (Å²) in [5.74, 6) is 1.72. The van der Waals surface area contributed by atoms with Crippen LogP contribution in [0.4, 0.5) is 0 Å². The van der Waals surface area contributed by atoms with Crippen molar-refractivity contribution in [3.63, 3.8) is 0 Å². The van der Waals surface area contributed by atoms with Crippen LogP contribution in [0.2, 0.25) is 0 Å². The highest BCUT2D eigenvalue weighted by Crippen LogP contribution is 2.24. The van der Waals surface area contributed by atoms with Gasteiger partial charge in [-0.05, 0) is 61.4 Å². The molecule has 98 valence electrons. The van der Waals surface area contributed by atoms with Gasteiger partial charge in [0.1, 0.15) is 11.5 Å². The van der Waals surface area contributed by atoms with Gasteiger partial charge in [0.2, 0.25) is 5.90 Å². The van der Waals surface area contributed by atoms with Crippen LogP contribution in [-0.2, 0) is 4.74 Å². The number of hydrogen-bond acceptors (Lipinski definition) is 3. The van der Waals surface area contributed by atoms with Crippen molar-refractivity contribution >= 4 is 5.90 Å². The van der Waals surface area contributed by atoms with E-state index in [-0.39, 0.29) is 5.90 Å². The second kappa shape index (κ2) is 5.57. The first-order chi connectivity index (χ1) is 9.08. The van der Waals surface area contributed by atoms with Crippen molar-refractivity contribution in [1.29, 1.82) is 5.41 Å². The highest BCUT2D eigenvalue weighted by molar-refractivity contribution is 5.91. The minimum absolute atomic E-state index is 0.151. The Balaban J connectivity index is 2.17. The van der Waals surface area contributed by atoms with Crippen LogP contribution in [0.15, 0.2) is 42.5 Å². The maximum Gasteiger partial charge on any atom is 0.212 e. The first-order valence-electron chi connectivity index (χ1n) is 6.07. The van der Waals surface area contributed by atoms with Gasteiger partial charge in [-0.25, -0.2) is 0 Å². The number of rotatable bonds is 3. The molecule has 2 aromatic carbocycles. The second-order valence-electron chi connectivity index (χ2n) is 4.48. The lowest BCUT2D eigenvalue weighted by Gasteiger charge is -2.08. The molecule has 0 aromatic heterocycles. The number of aryl methyl sites for hydroxylation is 2. The van der Waals surface area contributed by atoms with Gasteiger partial charge in [-0.3, -0.25) is 5.41 Å². The molecule has 0 saturated carbocycles. The molecule has 0 aliphatic heterocycles. The van der Waals surface area contributed by atoms with E-state index < -0.39 is 0 Å². The van der Waals surface area contributed by atoms with Crippen LogP contribution in [0.5, 0.6) is 11.5 Å². The number of benzene rings is 2. The zero-order valence-electron chi connectivity index (χ0n) is 11.4. The van der Waals surface area contributed by atoms with Gasteiger partial charge in [0, 0.05) is 5.56 Å². The summed E-state index contributed by atoms with van der Waals surface area (Å²) in [6.45, 7) is 4.09. The monoisotopic (exact) mass is 255 g/mol. The molecule has 0 amide bonds. The van der Waals surface area contributed by atoms with Crippen LogP contribution in [0, 0.1) is 19.3 Å². The normalized spacial score (nSPS) is 10.1. The van der Waals surface area contributed by atoms with Crippen LogP contribution in [0.25, 0.3) is 0 Å². The van der Waals surface area contributed by atoms with Crippen LogP contribution in [0.3, 0.4) is 0 Å². The first kappa shape index (κ1) is 13.1. The van der Waals surface area contributed by atoms with E-state index in [1.807, 2.05) is 50.2 Å². The quantitative estimate of drug-likeness (QED) is 0.663. The topological polar surface area (TPSA) is 42.3 Å². The fraction of sp³-hybridized carbons (Fsp3) is 0.188. The summed E-state index contributed by atoms with van der Waals surface area (Å²) in [4.78, 5) is 0. The Labute approximate surface area is 113 Å². The largest absolute Gasteiger partial charge is 0.481 e. The Hall–Kier alpha value is -2.29. The zero-order valence-corrected chi connectivity index (χ0v) is 11.4. The SMILES string of the molecule is COC(=N)c1ccc(Oc2cc(C)cc(C)c2)cc1. The van der Waals surface area contributed by atoms with E-state index >= 15 is 0 Å². The van der Waals surface area contributed by atoms with Gasteiger partial charge in [-0.1, -0.05) is 6.07 Å². The maximum atomic E-state index is 7.56. The maximum absolute atomic E-state index is 7.56. The van der Waals surface area contributed by atoms with E-state index in [0.717, 1.165) is 17.1 Å². The minimum atomic E-state index is 0.151. The summed E-state index contributed by atoms with van der Waals surface area (Å²) >= 11 is 0. The zero-order chi connectivity index (χ0) is 13.8. The molecule has 3 heteroatoms. The molecule has 0 fully saturated rings. The van der Waals surface area contributed by atoms with Crippen molar-refractivity contribution < 1.29 is 9.47 Å². The average molecular weight is 255 g/mol. The standard InChI is InChI=1S/C16H17NO2/c1-11-8-12(2)10-15(9-11)19-14-6-4-13(5-7-14)16(17)18-3/h4-10,17H,1-3H3. The smallest absolute Gasteiger partial charge is 0.212 e. The molecule has 0 atom stereocenters. The van der Waals surface area contributed by atoms with Crippen molar-refractivity contribution in [2.45, 2.75) is 13.8 Å². The molecule has 0 spiro atoms. The summed E-state index contributed by atoms with van der Waals surface area (Å²) in [5.41, 5.74) is 3.08. The molecular formula is C16H17NO2. The van der Waals surface area contributed by atoms with Crippen molar-refractivity contribution in [3.8, 4) is 11.5 Å². The Morgan fingerprint density at radius 3 is 2.00 bits per heavy atom. The van der Waals surface area contributed by atoms with Crippen LogP contribution in [0.1, 0.15) is 16.7 Å². The second-order valence-corrected chi connectivity index (χ2v) is 4.48. The van der Waals surface area contributed by atoms with Gasteiger partial charge in [-0.15, -0.1) is 0 Å². The number of ether oxygens (including phenoxy) is 2. The molecule has 19 heavy (non-hydrogen) atoms. The van der Waals surface area contributed by atoms with Gasteiger partial charge in [0.05, 0.1) is 7.11 Å². The van der Waals surface area contributed by atoms with E-state index in [1.165, 1.54) is 18.2 Å². The van der Waals surface area contributed by atoms with Gasteiger partial charge in [0.15, 0.2) is 0 Å². The number of methoxy groups -OCH3 is 1. The number of nitrogens with one attached hydrogen (secondary N) is 1. The van der Waals surface area contributed by atoms with Gasteiger partial charge < -0.3 is 9.47 Å².